The fourth-order valence-corrected chi connectivity index (χ4v) is 1.76. The largest absolute Gasteiger partial charge is 0.389 e. The zero-order valence-electron chi connectivity index (χ0n) is 9.84. The van der Waals surface area contributed by atoms with Crippen molar-refractivity contribution in [1.82, 2.24) is 5.32 Å². The lowest BCUT2D eigenvalue weighted by molar-refractivity contribution is -0.385. The molecule has 1 rings (SSSR count). The maximum atomic E-state index is 11.9. The molecule has 1 aromatic carbocycles. The molecule has 0 saturated carbocycles. The molecule has 0 aliphatic heterocycles. The number of hydrogen-bond acceptors (Lipinski definition) is 3. The van der Waals surface area contributed by atoms with Gasteiger partial charge in [-0.1, -0.05) is 17.7 Å². The average molecular weight is 297 g/mol. The molecule has 0 heterocycles. The van der Waals surface area contributed by atoms with E-state index in [1.165, 1.54) is 18.2 Å². The lowest BCUT2D eigenvalue weighted by Crippen LogP contribution is -2.18. The van der Waals surface area contributed by atoms with E-state index < -0.39 is 17.5 Å². The first-order chi connectivity index (χ1) is 8.81. The predicted molar refractivity (Wildman–Crippen MR) is 65.1 cm³/mol. The van der Waals surface area contributed by atoms with Crippen LogP contribution >= 0.6 is 11.6 Å². The first kappa shape index (κ1) is 15.7. The number of nitrogens with one attached hydrogen (secondary N) is 1. The van der Waals surface area contributed by atoms with Crippen molar-refractivity contribution < 1.29 is 18.1 Å². The minimum absolute atomic E-state index is 0.0633. The van der Waals surface area contributed by atoms with Gasteiger partial charge in [-0.3, -0.25) is 10.1 Å². The summed E-state index contributed by atoms with van der Waals surface area (Å²) in [6.45, 7) is 0.176. The molecule has 0 saturated heterocycles. The highest BCUT2D eigenvalue weighted by molar-refractivity contribution is 6.31. The molecule has 0 fully saturated rings. The van der Waals surface area contributed by atoms with Crippen LogP contribution in [0, 0.1) is 10.1 Å². The van der Waals surface area contributed by atoms with Crippen LogP contribution < -0.4 is 5.32 Å². The van der Waals surface area contributed by atoms with E-state index in [0.29, 0.717) is 0 Å². The Morgan fingerprint density at radius 1 is 1.37 bits per heavy atom. The summed E-state index contributed by atoms with van der Waals surface area (Å²) in [5.41, 5.74) is 0.136. The van der Waals surface area contributed by atoms with Crippen molar-refractivity contribution in [1.29, 1.82) is 0 Å². The van der Waals surface area contributed by atoms with Crippen molar-refractivity contribution in [2.24, 2.45) is 0 Å². The normalized spacial score (nSPS) is 11.6. The summed E-state index contributed by atoms with van der Waals surface area (Å²) in [5, 5.41) is 13.7. The molecule has 0 aliphatic carbocycles. The molecule has 0 unspecified atom stereocenters. The standard InChI is InChI=1S/C11H12ClF3N2O2/c12-9-3-1-4-10(17(18)19)8(9)7-16-6-2-5-11(13,14)15/h1,3-4,16H,2,5-7H2. The second-order valence-electron chi connectivity index (χ2n) is 3.89. The highest BCUT2D eigenvalue weighted by atomic mass is 35.5. The van der Waals surface area contributed by atoms with Gasteiger partial charge in [0.2, 0.25) is 0 Å². The molecule has 8 heteroatoms. The third kappa shape index (κ3) is 5.44. The smallest absolute Gasteiger partial charge is 0.312 e. The summed E-state index contributed by atoms with van der Waals surface area (Å²) in [6, 6.07) is 4.26. The molecule has 0 spiro atoms. The van der Waals surface area contributed by atoms with E-state index in [1.54, 1.807) is 0 Å². The number of rotatable bonds is 6. The summed E-state index contributed by atoms with van der Waals surface area (Å²) < 4.78 is 35.7. The van der Waals surface area contributed by atoms with Gasteiger partial charge in [-0.2, -0.15) is 13.2 Å². The molecular formula is C11H12ClF3N2O2. The Bertz CT molecular complexity index is 452. The van der Waals surface area contributed by atoms with Crippen LogP contribution in [-0.4, -0.2) is 17.6 Å². The maximum absolute atomic E-state index is 11.9. The molecule has 1 N–H and O–H groups in total. The van der Waals surface area contributed by atoms with Gasteiger partial charge < -0.3 is 5.32 Å². The molecule has 106 valence electrons. The summed E-state index contributed by atoms with van der Waals surface area (Å²) in [4.78, 5) is 10.2. The van der Waals surface area contributed by atoms with Gasteiger partial charge in [-0.05, 0) is 19.0 Å². The maximum Gasteiger partial charge on any atom is 0.389 e. The molecule has 0 atom stereocenters. The molecule has 4 nitrogen and oxygen atoms in total. The van der Waals surface area contributed by atoms with Crippen LogP contribution in [0.5, 0.6) is 0 Å². The Morgan fingerprint density at radius 3 is 2.63 bits per heavy atom. The summed E-state index contributed by atoms with van der Waals surface area (Å²) in [6.07, 6.45) is -5.15. The Labute approximate surface area is 112 Å². The molecule has 19 heavy (non-hydrogen) atoms. The fourth-order valence-electron chi connectivity index (χ4n) is 1.52. The van der Waals surface area contributed by atoms with Gasteiger partial charge in [0.25, 0.3) is 5.69 Å². The second-order valence-corrected chi connectivity index (χ2v) is 4.30. The van der Waals surface area contributed by atoms with Gasteiger partial charge in [-0.15, -0.1) is 0 Å². The highest BCUT2D eigenvalue weighted by Crippen LogP contribution is 2.26. The third-order valence-electron chi connectivity index (χ3n) is 2.41. The molecule has 0 radical (unpaired) electrons. The van der Waals surface area contributed by atoms with Crippen molar-refractivity contribution in [3.8, 4) is 0 Å². The molecule has 0 aromatic heterocycles. The van der Waals surface area contributed by atoms with E-state index in [4.69, 9.17) is 11.6 Å². The van der Waals surface area contributed by atoms with Crippen LogP contribution in [0.1, 0.15) is 18.4 Å². The zero-order chi connectivity index (χ0) is 14.5. The van der Waals surface area contributed by atoms with Gasteiger partial charge in [0.15, 0.2) is 0 Å². The first-order valence-corrected chi connectivity index (χ1v) is 5.88. The van der Waals surface area contributed by atoms with Crippen molar-refractivity contribution >= 4 is 17.3 Å². The minimum atomic E-state index is -4.18. The van der Waals surface area contributed by atoms with Gasteiger partial charge in [-0.25, -0.2) is 0 Å². The van der Waals surface area contributed by atoms with Crippen LogP contribution in [0.4, 0.5) is 18.9 Å². The summed E-state index contributed by atoms with van der Waals surface area (Å²) in [7, 11) is 0. The van der Waals surface area contributed by atoms with Crippen LogP contribution in [0.15, 0.2) is 18.2 Å². The number of halogens is 4. The zero-order valence-corrected chi connectivity index (χ0v) is 10.6. The quantitative estimate of drug-likeness (QED) is 0.495. The number of nitrogens with zero attached hydrogens (tertiary/aromatic N) is 1. The molecular weight excluding hydrogens is 285 g/mol. The van der Waals surface area contributed by atoms with Crippen molar-refractivity contribution in [3.05, 3.63) is 38.9 Å². The van der Waals surface area contributed by atoms with Crippen LogP contribution in [0.3, 0.4) is 0 Å². The Morgan fingerprint density at radius 2 is 2.05 bits per heavy atom. The summed E-state index contributed by atoms with van der Waals surface area (Å²) in [5.74, 6) is 0. The first-order valence-electron chi connectivity index (χ1n) is 5.50. The van der Waals surface area contributed by atoms with Crippen molar-refractivity contribution in [3.63, 3.8) is 0 Å². The van der Waals surface area contributed by atoms with Gasteiger partial charge in [0.05, 0.1) is 15.5 Å². The van der Waals surface area contributed by atoms with Crippen LogP contribution in [-0.2, 0) is 6.54 Å². The lowest BCUT2D eigenvalue weighted by atomic mass is 10.1. The number of hydrogen-bond donors (Lipinski definition) is 1. The number of nitro groups is 1. The van der Waals surface area contributed by atoms with Crippen LogP contribution in [0.25, 0.3) is 0 Å². The van der Waals surface area contributed by atoms with E-state index in [1.807, 2.05) is 0 Å². The van der Waals surface area contributed by atoms with Gasteiger partial charge >= 0.3 is 6.18 Å². The average Bonchev–Trinajstić information content (AvgIpc) is 2.28. The molecule has 0 aliphatic rings. The van der Waals surface area contributed by atoms with Crippen molar-refractivity contribution in [2.45, 2.75) is 25.6 Å². The predicted octanol–water partition coefficient (Wildman–Crippen LogP) is 3.68. The van der Waals surface area contributed by atoms with E-state index in [-0.39, 0.29) is 35.8 Å². The van der Waals surface area contributed by atoms with E-state index in [9.17, 15) is 23.3 Å². The van der Waals surface area contributed by atoms with E-state index in [0.717, 1.165) is 0 Å². The Balaban J connectivity index is 2.52. The van der Waals surface area contributed by atoms with E-state index in [2.05, 4.69) is 5.32 Å². The Kier molecular flexibility index (Phi) is 5.56. The van der Waals surface area contributed by atoms with Gasteiger partial charge in [0.1, 0.15) is 0 Å². The number of benzene rings is 1. The lowest BCUT2D eigenvalue weighted by Gasteiger charge is -2.08. The monoisotopic (exact) mass is 296 g/mol. The molecule has 0 bridgehead atoms. The highest BCUT2D eigenvalue weighted by Gasteiger charge is 2.25. The minimum Gasteiger partial charge on any atom is -0.312 e. The third-order valence-corrected chi connectivity index (χ3v) is 2.76. The molecule has 0 amide bonds. The summed E-state index contributed by atoms with van der Waals surface area (Å²) >= 11 is 5.83. The Hall–Kier alpha value is -1.34. The van der Waals surface area contributed by atoms with Crippen LogP contribution in [0.2, 0.25) is 5.02 Å². The van der Waals surface area contributed by atoms with E-state index >= 15 is 0 Å². The fraction of sp³-hybridized carbons (Fsp3) is 0.455. The SMILES string of the molecule is O=[N+]([O-])c1cccc(Cl)c1CNCCCC(F)(F)F. The number of alkyl halides is 3. The second kappa shape index (κ2) is 6.72. The van der Waals surface area contributed by atoms with Gasteiger partial charge in [0, 0.05) is 19.0 Å². The topological polar surface area (TPSA) is 55.2 Å². The number of nitro benzene ring substituents is 1. The van der Waals surface area contributed by atoms with Crippen molar-refractivity contribution in [2.75, 3.05) is 6.54 Å². The molecule has 1 aromatic rings.